The van der Waals surface area contributed by atoms with Gasteiger partial charge in [0.2, 0.25) is 0 Å². The minimum absolute atomic E-state index is 0.0262. The van der Waals surface area contributed by atoms with E-state index < -0.39 is 42.8 Å². The maximum atomic E-state index is 11.6. The molecular formula is C20H36Cl2N6O9. The van der Waals surface area contributed by atoms with E-state index in [2.05, 4.69) is 28.1 Å². The van der Waals surface area contributed by atoms with Crippen LogP contribution >= 0.6 is 23.2 Å². The summed E-state index contributed by atoms with van der Waals surface area (Å²) in [6.45, 7) is 2.07. The maximum absolute atomic E-state index is 11.6. The Hall–Kier alpha value is -1.88. The van der Waals surface area contributed by atoms with Gasteiger partial charge in [0.25, 0.3) is 0 Å². The van der Waals surface area contributed by atoms with Gasteiger partial charge in [-0.25, -0.2) is 9.59 Å². The highest BCUT2D eigenvalue weighted by molar-refractivity contribution is 6.18. The first kappa shape index (κ1) is 33.1. The summed E-state index contributed by atoms with van der Waals surface area (Å²) < 4.78 is 10.0. The van der Waals surface area contributed by atoms with Gasteiger partial charge in [-0.3, -0.25) is 0 Å². The van der Waals surface area contributed by atoms with E-state index in [4.69, 9.17) is 32.7 Å². The largest absolute Gasteiger partial charge is 0.388 e. The van der Waals surface area contributed by atoms with Gasteiger partial charge in [0.15, 0.2) is 6.29 Å². The highest BCUT2D eigenvalue weighted by Crippen LogP contribution is 2.23. The topological polar surface area (TPSA) is 203 Å². The molecule has 0 unspecified atom stereocenters. The van der Waals surface area contributed by atoms with Gasteiger partial charge < -0.3 is 35.4 Å². The van der Waals surface area contributed by atoms with E-state index in [0.29, 0.717) is 5.01 Å². The number of urea groups is 2. The van der Waals surface area contributed by atoms with Gasteiger partial charge in [0, 0.05) is 31.5 Å². The van der Waals surface area contributed by atoms with Crippen molar-refractivity contribution in [1.29, 1.82) is 0 Å². The summed E-state index contributed by atoms with van der Waals surface area (Å²) >= 11 is 10.9. The van der Waals surface area contributed by atoms with Crippen LogP contribution < -0.4 is 10.6 Å². The van der Waals surface area contributed by atoms with Crippen LogP contribution in [0, 0.1) is 15.7 Å². The molecule has 17 heteroatoms. The van der Waals surface area contributed by atoms with Crippen molar-refractivity contribution in [2.45, 2.75) is 69.4 Å². The van der Waals surface area contributed by atoms with Crippen molar-refractivity contribution >= 4 is 35.3 Å². The van der Waals surface area contributed by atoms with Crippen molar-refractivity contribution in [2.24, 2.45) is 16.5 Å². The quantitative estimate of drug-likeness (QED) is 0.142. The number of halogens is 2. The van der Waals surface area contributed by atoms with E-state index in [1.165, 1.54) is 7.11 Å². The van der Waals surface area contributed by atoms with Crippen molar-refractivity contribution in [2.75, 3.05) is 38.5 Å². The molecule has 0 aromatic rings. The van der Waals surface area contributed by atoms with E-state index in [9.17, 15) is 34.7 Å². The number of hydrogen-bond donors (Lipinski definition) is 5. The van der Waals surface area contributed by atoms with Crippen LogP contribution in [0.25, 0.3) is 0 Å². The average Bonchev–Trinajstić information content (AvgIpc) is 2.90. The van der Waals surface area contributed by atoms with Crippen LogP contribution in [0.15, 0.2) is 10.6 Å². The molecule has 1 saturated carbocycles. The number of ether oxygens (including phenoxy) is 2. The third-order valence-electron chi connectivity index (χ3n) is 5.96. The Bertz CT molecular complexity index is 718. The molecule has 2 aliphatic rings. The molecule has 1 aliphatic heterocycles. The fourth-order valence-corrected chi connectivity index (χ4v) is 4.05. The predicted octanol–water partition coefficient (Wildman–Crippen LogP) is 0.869. The molecule has 0 radical (unpaired) electrons. The summed E-state index contributed by atoms with van der Waals surface area (Å²) in [7, 11) is 1.26. The summed E-state index contributed by atoms with van der Waals surface area (Å²) in [5.74, 6) is 0.968. The van der Waals surface area contributed by atoms with Crippen LogP contribution in [0.3, 0.4) is 0 Å². The number of aliphatic hydroxyl groups excluding tert-OH is 3. The molecule has 2 fully saturated rings. The highest BCUT2D eigenvalue weighted by Gasteiger charge is 2.44. The van der Waals surface area contributed by atoms with Crippen LogP contribution in [0.4, 0.5) is 9.59 Å². The van der Waals surface area contributed by atoms with Crippen LogP contribution in [0.5, 0.6) is 0 Å². The smallest absolute Gasteiger partial charge is 0.340 e. The summed E-state index contributed by atoms with van der Waals surface area (Å²) in [5.41, 5.74) is 0. The Labute approximate surface area is 224 Å². The van der Waals surface area contributed by atoms with Crippen LogP contribution in [-0.4, -0.2) is 113 Å². The minimum Gasteiger partial charge on any atom is -0.388 e. The summed E-state index contributed by atoms with van der Waals surface area (Å²) in [6.07, 6.45) is -2.33. The van der Waals surface area contributed by atoms with Crippen molar-refractivity contribution in [3.8, 4) is 0 Å². The van der Waals surface area contributed by atoms with Crippen molar-refractivity contribution in [3.63, 3.8) is 0 Å². The number of nitroso groups, excluding NO2 is 2. The number of amides is 4. The molecule has 0 spiro atoms. The maximum Gasteiger partial charge on any atom is 0.340 e. The van der Waals surface area contributed by atoms with Gasteiger partial charge in [-0.15, -0.1) is 33.0 Å². The monoisotopic (exact) mass is 574 g/mol. The molecule has 1 aliphatic carbocycles. The standard InChI is InChI=1S/C10H18ClN3O7.C10H18ClN3O2/c1-20-9-8(17)7(16)6(15)5(21-9)4-12-10(18)14(13-19)3-2-11;1-8-2-4-9(5-3-8)12-10(15)14(13-16)7-6-11/h5-9,15-17H,2-4H2,1H3,(H,12,18);8-9H,2-7H2,1H3,(H,12,15)/t5-,6-,7+,8-,9+;/m1./s1. The number of aliphatic hydroxyl groups is 3. The molecule has 5 atom stereocenters. The highest BCUT2D eigenvalue weighted by atomic mass is 35.5. The second kappa shape index (κ2) is 17.6. The first-order chi connectivity index (χ1) is 17.6. The Morgan fingerprint density at radius 2 is 1.49 bits per heavy atom. The summed E-state index contributed by atoms with van der Waals surface area (Å²) in [5, 5.41) is 40.6. The van der Waals surface area contributed by atoms with Crippen LogP contribution in [0.1, 0.15) is 32.6 Å². The number of nitrogens with one attached hydrogen (secondary N) is 2. The molecule has 1 saturated heterocycles. The fraction of sp³-hybridized carbons (Fsp3) is 0.900. The van der Waals surface area contributed by atoms with Gasteiger partial charge in [0.05, 0.1) is 23.7 Å². The second-order valence-electron chi connectivity index (χ2n) is 8.63. The van der Waals surface area contributed by atoms with E-state index in [1.807, 2.05) is 0 Å². The number of carbonyl (C=O) groups is 2. The zero-order chi connectivity index (χ0) is 28.0. The molecule has 2 rings (SSSR count). The molecule has 37 heavy (non-hydrogen) atoms. The van der Waals surface area contributed by atoms with E-state index in [-0.39, 0.29) is 37.4 Å². The van der Waals surface area contributed by atoms with Gasteiger partial charge in [0.1, 0.15) is 24.4 Å². The molecule has 5 N–H and O–H groups in total. The lowest BCUT2D eigenvalue weighted by molar-refractivity contribution is -0.288. The molecule has 4 amide bonds. The Morgan fingerprint density at radius 3 is 1.97 bits per heavy atom. The average molecular weight is 575 g/mol. The molecule has 15 nitrogen and oxygen atoms in total. The SMILES string of the molecule is CC1CCC(NC(=O)N(CCCl)N=O)CC1.CO[C@H]1O[C@H](CNC(=O)N(CCCl)N=O)[C@@H](O)[C@H](O)[C@H]1O. The number of methoxy groups -OCH3 is 1. The predicted molar refractivity (Wildman–Crippen MR) is 133 cm³/mol. The number of rotatable bonds is 10. The minimum atomic E-state index is -1.49. The van der Waals surface area contributed by atoms with Gasteiger partial charge in [-0.1, -0.05) is 6.92 Å². The third kappa shape index (κ3) is 10.8. The first-order valence-corrected chi connectivity index (χ1v) is 12.8. The second-order valence-corrected chi connectivity index (χ2v) is 9.39. The van der Waals surface area contributed by atoms with Crippen LogP contribution in [-0.2, 0) is 9.47 Å². The number of carbonyl (C=O) groups excluding carboxylic acids is 2. The lowest BCUT2D eigenvalue weighted by atomic mass is 9.87. The van der Waals surface area contributed by atoms with Crippen molar-refractivity contribution in [1.82, 2.24) is 20.7 Å². The number of hydrogen-bond acceptors (Lipinski definition) is 11. The van der Waals surface area contributed by atoms with Crippen molar-refractivity contribution in [3.05, 3.63) is 9.81 Å². The first-order valence-electron chi connectivity index (χ1n) is 11.8. The third-order valence-corrected chi connectivity index (χ3v) is 6.30. The molecule has 0 bridgehead atoms. The van der Waals surface area contributed by atoms with Gasteiger partial charge in [-0.05, 0) is 31.6 Å². The number of nitrogens with zero attached hydrogens (tertiary/aromatic N) is 4. The Morgan fingerprint density at radius 1 is 0.946 bits per heavy atom. The van der Waals surface area contributed by atoms with Gasteiger partial charge >= 0.3 is 12.1 Å². The van der Waals surface area contributed by atoms with E-state index in [1.54, 1.807) is 0 Å². The van der Waals surface area contributed by atoms with Crippen LogP contribution in [0.2, 0.25) is 0 Å². The Balaban J connectivity index is 0.000000384. The summed E-state index contributed by atoms with van der Waals surface area (Å²) in [6, 6.07) is -1.09. The zero-order valence-corrected chi connectivity index (χ0v) is 22.3. The summed E-state index contributed by atoms with van der Waals surface area (Å²) in [4.78, 5) is 44.0. The normalized spacial score (nSPS) is 29.2. The fourth-order valence-electron chi connectivity index (χ4n) is 3.73. The van der Waals surface area contributed by atoms with E-state index in [0.717, 1.165) is 36.6 Å². The lowest BCUT2D eigenvalue weighted by Crippen LogP contribution is -2.60. The molecule has 1 heterocycles. The lowest BCUT2D eigenvalue weighted by Gasteiger charge is -2.39. The van der Waals surface area contributed by atoms with Crippen molar-refractivity contribution < 1.29 is 34.4 Å². The Kier molecular flexibility index (Phi) is 15.8. The molecule has 214 valence electrons. The van der Waals surface area contributed by atoms with E-state index >= 15 is 0 Å². The molecule has 0 aromatic heterocycles. The molecular weight excluding hydrogens is 539 g/mol. The van der Waals surface area contributed by atoms with Gasteiger partial charge in [-0.2, -0.15) is 10.0 Å². The number of alkyl halides is 2. The zero-order valence-electron chi connectivity index (χ0n) is 20.7. The molecule has 0 aromatic carbocycles.